The Hall–Kier alpha value is -1.82. The number of ether oxygens (including phenoxy) is 1. The maximum atomic E-state index is 11.7. The molecule has 1 aliphatic rings. The van der Waals surface area contributed by atoms with Gasteiger partial charge >= 0.3 is 0 Å². The van der Waals surface area contributed by atoms with Crippen LogP contribution in [0.2, 0.25) is 0 Å². The van der Waals surface area contributed by atoms with E-state index in [-0.39, 0.29) is 12.5 Å². The fourth-order valence-electron chi connectivity index (χ4n) is 2.41. The van der Waals surface area contributed by atoms with Gasteiger partial charge in [0.05, 0.1) is 0 Å². The zero-order chi connectivity index (χ0) is 15.8. The van der Waals surface area contributed by atoms with E-state index in [4.69, 9.17) is 17.0 Å². The number of hydrazine groups is 1. The molecule has 1 saturated carbocycles. The zero-order valence-corrected chi connectivity index (χ0v) is 13.7. The van der Waals surface area contributed by atoms with Crippen molar-refractivity contribution in [2.75, 3.05) is 6.61 Å². The highest BCUT2D eigenvalue weighted by molar-refractivity contribution is 7.80. The van der Waals surface area contributed by atoms with Crippen LogP contribution in [0.5, 0.6) is 5.75 Å². The molecule has 22 heavy (non-hydrogen) atoms. The number of hydrogen-bond acceptors (Lipinski definition) is 3. The lowest BCUT2D eigenvalue weighted by atomic mass is 9.96. The van der Waals surface area contributed by atoms with Gasteiger partial charge in [-0.05, 0) is 44.1 Å². The Kier molecular flexibility index (Phi) is 6.45. The predicted octanol–water partition coefficient (Wildman–Crippen LogP) is 2.20. The Balaban J connectivity index is 1.62. The van der Waals surface area contributed by atoms with E-state index in [1.165, 1.54) is 19.3 Å². The van der Waals surface area contributed by atoms with Gasteiger partial charge in [0.15, 0.2) is 11.7 Å². The van der Waals surface area contributed by atoms with Crippen molar-refractivity contribution >= 4 is 23.2 Å². The molecule has 120 valence electrons. The second-order valence-corrected chi connectivity index (χ2v) is 5.99. The molecular formula is C16H23N3O2S. The van der Waals surface area contributed by atoms with Gasteiger partial charge in [-0.2, -0.15) is 0 Å². The molecule has 0 heterocycles. The molecule has 1 aromatic rings. The van der Waals surface area contributed by atoms with E-state index < -0.39 is 0 Å². The molecule has 1 fully saturated rings. The average Bonchev–Trinajstić information content (AvgIpc) is 2.53. The quantitative estimate of drug-likeness (QED) is 0.586. The normalized spacial score (nSPS) is 15.0. The van der Waals surface area contributed by atoms with Gasteiger partial charge in [0.25, 0.3) is 5.91 Å². The Morgan fingerprint density at radius 1 is 1.18 bits per heavy atom. The largest absolute Gasteiger partial charge is 0.484 e. The molecular weight excluding hydrogens is 298 g/mol. The Labute approximate surface area is 136 Å². The number of thiocarbonyl (C=S) groups is 1. The molecule has 0 spiro atoms. The highest BCUT2D eigenvalue weighted by atomic mass is 32.1. The second-order valence-electron chi connectivity index (χ2n) is 5.58. The summed E-state index contributed by atoms with van der Waals surface area (Å²) in [6, 6.07) is 7.97. The third-order valence-electron chi connectivity index (χ3n) is 3.65. The van der Waals surface area contributed by atoms with Gasteiger partial charge in [0.2, 0.25) is 0 Å². The topological polar surface area (TPSA) is 62.4 Å². The van der Waals surface area contributed by atoms with E-state index >= 15 is 0 Å². The standard InChI is InChI=1S/C16H23N3O2S/c1-12-7-9-14(10-8-12)21-11-15(20)18-19-16(22)17-13-5-3-2-4-6-13/h7-10,13H,2-6,11H2,1H3,(H,18,20)(H2,17,19,22). The molecule has 5 nitrogen and oxygen atoms in total. The van der Waals surface area contributed by atoms with Gasteiger partial charge in [-0.15, -0.1) is 0 Å². The summed E-state index contributed by atoms with van der Waals surface area (Å²) in [7, 11) is 0. The first-order chi connectivity index (χ1) is 10.6. The second kappa shape index (κ2) is 8.58. The first-order valence-corrected chi connectivity index (χ1v) is 8.09. The molecule has 1 aromatic carbocycles. The van der Waals surface area contributed by atoms with E-state index in [0.29, 0.717) is 16.9 Å². The van der Waals surface area contributed by atoms with Gasteiger partial charge in [0.1, 0.15) is 5.75 Å². The lowest BCUT2D eigenvalue weighted by Crippen LogP contribution is -2.51. The van der Waals surface area contributed by atoms with Crippen molar-refractivity contribution in [1.29, 1.82) is 0 Å². The summed E-state index contributed by atoms with van der Waals surface area (Å²) in [4.78, 5) is 11.7. The van der Waals surface area contributed by atoms with E-state index in [9.17, 15) is 4.79 Å². The number of hydrogen-bond donors (Lipinski definition) is 3. The van der Waals surface area contributed by atoms with Crippen LogP contribution < -0.4 is 20.9 Å². The first-order valence-electron chi connectivity index (χ1n) is 7.68. The highest BCUT2D eigenvalue weighted by Gasteiger charge is 2.14. The minimum Gasteiger partial charge on any atom is -0.484 e. The van der Waals surface area contributed by atoms with Gasteiger partial charge in [-0.1, -0.05) is 37.0 Å². The molecule has 2 rings (SSSR count). The summed E-state index contributed by atoms with van der Waals surface area (Å²) in [5, 5.41) is 3.67. The number of aryl methyl sites for hydroxylation is 1. The molecule has 3 N–H and O–H groups in total. The summed E-state index contributed by atoms with van der Waals surface area (Å²) in [6.07, 6.45) is 6.03. The van der Waals surface area contributed by atoms with E-state index in [0.717, 1.165) is 18.4 Å². The summed E-state index contributed by atoms with van der Waals surface area (Å²) in [5.74, 6) is 0.400. The molecule has 0 aromatic heterocycles. The molecule has 0 bridgehead atoms. The molecule has 1 amide bonds. The first kappa shape index (κ1) is 16.5. The number of carbonyl (C=O) groups excluding carboxylic acids is 1. The average molecular weight is 321 g/mol. The van der Waals surface area contributed by atoms with Crippen molar-refractivity contribution in [1.82, 2.24) is 16.2 Å². The molecule has 0 radical (unpaired) electrons. The van der Waals surface area contributed by atoms with Crippen LogP contribution >= 0.6 is 12.2 Å². The highest BCUT2D eigenvalue weighted by Crippen LogP contribution is 2.17. The predicted molar refractivity (Wildman–Crippen MR) is 90.6 cm³/mol. The fraction of sp³-hybridized carbons (Fsp3) is 0.500. The summed E-state index contributed by atoms with van der Waals surface area (Å²) in [6.45, 7) is 1.95. The van der Waals surface area contributed by atoms with Crippen LogP contribution in [0.3, 0.4) is 0 Å². The van der Waals surface area contributed by atoms with Crippen molar-refractivity contribution in [3.05, 3.63) is 29.8 Å². The molecule has 0 aliphatic heterocycles. The fourth-order valence-corrected chi connectivity index (χ4v) is 2.63. The van der Waals surface area contributed by atoms with E-state index in [2.05, 4.69) is 16.2 Å². The van der Waals surface area contributed by atoms with Crippen LogP contribution in [0.1, 0.15) is 37.7 Å². The van der Waals surface area contributed by atoms with Crippen LogP contribution in [-0.4, -0.2) is 23.7 Å². The number of rotatable bonds is 4. The maximum absolute atomic E-state index is 11.7. The van der Waals surface area contributed by atoms with Gasteiger partial charge in [0, 0.05) is 6.04 Å². The van der Waals surface area contributed by atoms with Crippen molar-refractivity contribution in [3.63, 3.8) is 0 Å². The molecule has 1 aliphatic carbocycles. The minimum absolute atomic E-state index is 0.0535. The molecule has 0 atom stereocenters. The zero-order valence-electron chi connectivity index (χ0n) is 12.9. The third kappa shape index (κ3) is 5.89. The van der Waals surface area contributed by atoms with Crippen molar-refractivity contribution in [2.24, 2.45) is 0 Å². The SMILES string of the molecule is Cc1ccc(OCC(=O)NNC(=S)NC2CCCCC2)cc1. The molecule has 0 saturated heterocycles. The number of nitrogens with one attached hydrogen (secondary N) is 3. The van der Waals surface area contributed by atoms with Crippen LogP contribution in [0.4, 0.5) is 0 Å². The minimum atomic E-state index is -0.270. The lowest BCUT2D eigenvalue weighted by molar-refractivity contribution is -0.123. The number of amides is 1. The monoisotopic (exact) mass is 321 g/mol. The van der Waals surface area contributed by atoms with Crippen LogP contribution in [-0.2, 0) is 4.79 Å². The number of benzene rings is 1. The van der Waals surface area contributed by atoms with Gasteiger partial charge in [-0.3, -0.25) is 15.6 Å². The van der Waals surface area contributed by atoms with Gasteiger partial charge < -0.3 is 10.1 Å². The summed E-state index contributed by atoms with van der Waals surface area (Å²) >= 11 is 5.17. The van der Waals surface area contributed by atoms with Gasteiger partial charge in [-0.25, -0.2) is 0 Å². The molecule has 0 unspecified atom stereocenters. The van der Waals surface area contributed by atoms with E-state index in [1.54, 1.807) is 0 Å². The lowest BCUT2D eigenvalue weighted by Gasteiger charge is -2.24. The van der Waals surface area contributed by atoms with Crippen LogP contribution in [0, 0.1) is 6.92 Å². The smallest absolute Gasteiger partial charge is 0.276 e. The third-order valence-corrected chi connectivity index (χ3v) is 3.87. The Morgan fingerprint density at radius 3 is 2.55 bits per heavy atom. The number of carbonyl (C=O) groups is 1. The Morgan fingerprint density at radius 2 is 1.86 bits per heavy atom. The van der Waals surface area contributed by atoms with Crippen molar-refractivity contribution in [2.45, 2.75) is 45.1 Å². The molecule has 6 heteroatoms. The van der Waals surface area contributed by atoms with Crippen molar-refractivity contribution in [3.8, 4) is 5.75 Å². The van der Waals surface area contributed by atoms with Crippen molar-refractivity contribution < 1.29 is 9.53 Å². The van der Waals surface area contributed by atoms with Crippen LogP contribution in [0.25, 0.3) is 0 Å². The maximum Gasteiger partial charge on any atom is 0.276 e. The summed E-state index contributed by atoms with van der Waals surface area (Å²) < 4.78 is 5.39. The van der Waals surface area contributed by atoms with E-state index in [1.807, 2.05) is 31.2 Å². The summed E-state index contributed by atoms with van der Waals surface area (Å²) in [5.41, 5.74) is 6.40. The Bertz CT molecular complexity index is 499. The van der Waals surface area contributed by atoms with Crippen LogP contribution in [0.15, 0.2) is 24.3 Å².